The summed E-state index contributed by atoms with van der Waals surface area (Å²) in [5, 5.41) is 3.30. The Bertz CT molecular complexity index is 246. The number of hydrogen-bond acceptors (Lipinski definition) is 2. The summed E-state index contributed by atoms with van der Waals surface area (Å²) in [6.45, 7) is 1.91. The predicted molar refractivity (Wildman–Crippen MR) is 77.1 cm³/mol. The highest BCUT2D eigenvalue weighted by Gasteiger charge is 2.23. The lowest BCUT2D eigenvalue weighted by atomic mass is 10.00. The van der Waals surface area contributed by atoms with Gasteiger partial charge in [-0.05, 0) is 32.2 Å². The number of nitrogens with one attached hydrogen (secondary N) is 1. The summed E-state index contributed by atoms with van der Waals surface area (Å²) in [7, 11) is 2.02. The zero-order valence-electron chi connectivity index (χ0n) is 11.5. The molecular formula is C14H27ClN2O. The summed E-state index contributed by atoms with van der Waals surface area (Å²) in [6.07, 6.45) is 9.63. The summed E-state index contributed by atoms with van der Waals surface area (Å²) < 4.78 is 0. The van der Waals surface area contributed by atoms with Crippen LogP contribution in [0, 0.1) is 5.92 Å². The number of piperidine rings is 1. The van der Waals surface area contributed by atoms with E-state index in [4.69, 9.17) is 0 Å². The highest BCUT2D eigenvalue weighted by Crippen LogP contribution is 2.28. The molecule has 1 aliphatic carbocycles. The van der Waals surface area contributed by atoms with Crippen LogP contribution in [0.15, 0.2) is 0 Å². The SMILES string of the molecule is CNC1CCN(C(=O)CCC2CCCC2)CC1.Cl. The summed E-state index contributed by atoms with van der Waals surface area (Å²) in [5.74, 6) is 1.24. The van der Waals surface area contributed by atoms with E-state index in [1.54, 1.807) is 0 Å². The first kappa shape index (κ1) is 15.8. The minimum atomic E-state index is 0. The zero-order valence-corrected chi connectivity index (χ0v) is 12.3. The average molecular weight is 275 g/mol. The van der Waals surface area contributed by atoms with Crippen molar-refractivity contribution in [3.63, 3.8) is 0 Å². The average Bonchev–Trinajstić information content (AvgIpc) is 2.89. The molecule has 106 valence electrons. The summed E-state index contributed by atoms with van der Waals surface area (Å²) in [4.78, 5) is 14.1. The van der Waals surface area contributed by atoms with Crippen molar-refractivity contribution in [2.75, 3.05) is 20.1 Å². The van der Waals surface area contributed by atoms with Crippen LogP contribution in [-0.4, -0.2) is 37.0 Å². The van der Waals surface area contributed by atoms with Crippen molar-refractivity contribution in [1.29, 1.82) is 0 Å². The fourth-order valence-electron chi connectivity index (χ4n) is 3.20. The van der Waals surface area contributed by atoms with Crippen LogP contribution in [0.5, 0.6) is 0 Å². The van der Waals surface area contributed by atoms with Gasteiger partial charge in [-0.25, -0.2) is 0 Å². The fourth-order valence-corrected chi connectivity index (χ4v) is 3.20. The molecule has 0 aromatic carbocycles. The van der Waals surface area contributed by atoms with Gasteiger partial charge < -0.3 is 10.2 Å². The van der Waals surface area contributed by atoms with Crippen LogP contribution in [0.1, 0.15) is 51.4 Å². The molecule has 0 unspecified atom stereocenters. The Labute approximate surface area is 117 Å². The van der Waals surface area contributed by atoms with Gasteiger partial charge in [0.15, 0.2) is 0 Å². The normalized spacial score (nSPS) is 21.9. The van der Waals surface area contributed by atoms with Gasteiger partial charge in [0.05, 0.1) is 0 Å². The molecule has 0 spiro atoms. The Balaban J connectivity index is 0.00000162. The first-order valence-electron chi connectivity index (χ1n) is 7.24. The second-order valence-corrected chi connectivity index (χ2v) is 5.63. The van der Waals surface area contributed by atoms with Crippen LogP contribution in [0.2, 0.25) is 0 Å². The van der Waals surface area contributed by atoms with Crippen molar-refractivity contribution >= 4 is 18.3 Å². The molecule has 1 amide bonds. The quantitative estimate of drug-likeness (QED) is 0.855. The first-order chi connectivity index (χ1) is 8.29. The number of carbonyl (C=O) groups is 1. The molecule has 1 N–H and O–H groups in total. The molecule has 2 fully saturated rings. The minimum Gasteiger partial charge on any atom is -0.343 e. The largest absolute Gasteiger partial charge is 0.343 e. The molecule has 1 saturated carbocycles. The van der Waals surface area contributed by atoms with Gasteiger partial charge in [-0.2, -0.15) is 0 Å². The maximum absolute atomic E-state index is 12.1. The molecule has 1 aliphatic heterocycles. The number of hydrogen-bond donors (Lipinski definition) is 1. The van der Waals surface area contributed by atoms with Crippen LogP contribution >= 0.6 is 12.4 Å². The third-order valence-electron chi connectivity index (χ3n) is 4.50. The van der Waals surface area contributed by atoms with Gasteiger partial charge in [0.2, 0.25) is 5.91 Å². The Hall–Kier alpha value is -0.280. The highest BCUT2D eigenvalue weighted by atomic mass is 35.5. The molecule has 4 heteroatoms. The number of amides is 1. The van der Waals surface area contributed by atoms with Gasteiger partial charge >= 0.3 is 0 Å². The predicted octanol–water partition coefficient (Wildman–Crippen LogP) is 2.59. The lowest BCUT2D eigenvalue weighted by Gasteiger charge is -2.32. The van der Waals surface area contributed by atoms with Crippen molar-refractivity contribution in [3.05, 3.63) is 0 Å². The molecule has 2 aliphatic rings. The number of nitrogens with zero attached hydrogens (tertiary/aromatic N) is 1. The number of carbonyl (C=O) groups excluding carboxylic acids is 1. The van der Waals surface area contributed by atoms with Crippen molar-refractivity contribution in [2.45, 2.75) is 57.4 Å². The molecule has 3 nitrogen and oxygen atoms in total. The van der Waals surface area contributed by atoms with E-state index in [0.717, 1.165) is 44.7 Å². The van der Waals surface area contributed by atoms with Gasteiger partial charge in [0.25, 0.3) is 0 Å². The molecule has 1 saturated heterocycles. The van der Waals surface area contributed by atoms with E-state index in [0.29, 0.717) is 11.9 Å². The lowest BCUT2D eigenvalue weighted by molar-refractivity contribution is -0.132. The number of likely N-dealkylation sites (tertiary alicyclic amines) is 1. The van der Waals surface area contributed by atoms with E-state index < -0.39 is 0 Å². The second-order valence-electron chi connectivity index (χ2n) is 5.63. The third kappa shape index (κ3) is 4.43. The van der Waals surface area contributed by atoms with E-state index in [1.165, 1.54) is 25.7 Å². The van der Waals surface area contributed by atoms with Gasteiger partial charge in [-0.15, -0.1) is 12.4 Å². The van der Waals surface area contributed by atoms with E-state index in [1.807, 2.05) is 7.05 Å². The van der Waals surface area contributed by atoms with E-state index in [9.17, 15) is 4.79 Å². The molecule has 1 heterocycles. The summed E-state index contributed by atoms with van der Waals surface area (Å²) in [5.41, 5.74) is 0. The van der Waals surface area contributed by atoms with Crippen LogP contribution in [-0.2, 0) is 4.79 Å². The molecule has 0 aromatic rings. The van der Waals surface area contributed by atoms with Crippen LogP contribution < -0.4 is 5.32 Å². The Kier molecular flexibility index (Phi) is 7.02. The lowest BCUT2D eigenvalue weighted by Crippen LogP contribution is -2.43. The molecule has 2 rings (SSSR count). The van der Waals surface area contributed by atoms with Crippen molar-refractivity contribution in [1.82, 2.24) is 10.2 Å². The highest BCUT2D eigenvalue weighted by molar-refractivity contribution is 5.85. The molecule has 0 aromatic heterocycles. The van der Waals surface area contributed by atoms with Gasteiger partial charge in [-0.1, -0.05) is 25.7 Å². The van der Waals surface area contributed by atoms with Crippen molar-refractivity contribution in [3.8, 4) is 0 Å². The summed E-state index contributed by atoms with van der Waals surface area (Å²) >= 11 is 0. The van der Waals surface area contributed by atoms with Gasteiger partial charge in [-0.3, -0.25) is 4.79 Å². The molecule has 18 heavy (non-hydrogen) atoms. The first-order valence-corrected chi connectivity index (χ1v) is 7.24. The maximum Gasteiger partial charge on any atom is 0.222 e. The molecule has 0 bridgehead atoms. The molecular weight excluding hydrogens is 248 g/mol. The van der Waals surface area contributed by atoms with E-state index >= 15 is 0 Å². The van der Waals surface area contributed by atoms with Crippen LogP contribution in [0.3, 0.4) is 0 Å². The Morgan fingerprint density at radius 1 is 1.17 bits per heavy atom. The van der Waals surface area contributed by atoms with E-state index in [2.05, 4.69) is 10.2 Å². The standard InChI is InChI=1S/C14H26N2O.ClH/c1-15-13-8-10-16(11-9-13)14(17)7-6-12-4-2-3-5-12;/h12-13,15H,2-11H2,1H3;1H. The van der Waals surface area contributed by atoms with Gasteiger partial charge in [0, 0.05) is 25.6 Å². The molecule has 0 atom stereocenters. The van der Waals surface area contributed by atoms with Crippen molar-refractivity contribution in [2.24, 2.45) is 5.92 Å². The van der Waals surface area contributed by atoms with Crippen LogP contribution in [0.25, 0.3) is 0 Å². The summed E-state index contributed by atoms with van der Waals surface area (Å²) in [6, 6.07) is 0.619. The van der Waals surface area contributed by atoms with Crippen LogP contribution in [0.4, 0.5) is 0 Å². The smallest absolute Gasteiger partial charge is 0.222 e. The molecule has 0 radical (unpaired) electrons. The fraction of sp³-hybridized carbons (Fsp3) is 0.929. The minimum absolute atomic E-state index is 0. The van der Waals surface area contributed by atoms with E-state index in [-0.39, 0.29) is 12.4 Å². The third-order valence-corrected chi connectivity index (χ3v) is 4.50. The monoisotopic (exact) mass is 274 g/mol. The Morgan fingerprint density at radius 3 is 2.33 bits per heavy atom. The Morgan fingerprint density at radius 2 is 1.78 bits per heavy atom. The zero-order chi connectivity index (χ0) is 12.1. The van der Waals surface area contributed by atoms with Crippen molar-refractivity contribution < 1.29 is 4.79 Å². The maximum atomic E-state index is 12.1. The topological polar surface area (TPSA) is 32.3 Å². The second kappa shape index (κ2) is 8.00. The number of rotatable bonds is 4. The number of halogens is 1. The van der Waals surface area contributed by atoms with Gasteiger partial charge in [0.1, 0.15) is 0 Å².